The maximum atomic E-state index is 13.0. The smallest absolute Gasteiger partial charge is 0.141 e. The number of aliphatic hydroxyl groups excluding tert-OH is 1. The molecule has 1 heterocycles. The third-order valence-electron chi connectivity index (χ3n) is 2.55. The van der Waals surface area contributed by atoms with Crippen LogP contribution in [0.3, 0.4) is 0 Å². The summed E-state index contributed by atoms with van der Waals surface area (Å²) in [5.74, 6) is 0.0242. The zero-order valence-corrected chi connectivity index (χ0v) is 10.4. The van der Waals surface area contributed by atoms with E-state index < -0.39 is 11.9 Å². The first-order chi connectivity index (χ1) is 8.61. The quantitative estimate of drug-likeness (QED) is 0.930. The normalized spacial score (nSPS) is 12.2. The van der Waals surface area contributed by atoms with Gasteiger partial charge in [-0.3, -0.25) is 4.98 Å². The van der Waals surface area contributed by atoms with E-state index >= 15 is 0 Å². The van der Waals surface area contributed by atoms with Crippen LogP contribution in [0.1, 0.15) is 17.2 Å². The lowest BCUT2D eigenvalue weighted by Crippen LogP contribution is -2.01. The number of halogens is 2. The van der Waals surface area contributed by atoms with Crippen LogP contribution in [-0.2, 0) is 0 Å². The number of aromatic nitrogens is 1. The van der Waals surface area contributed by atoms with Crippen molar-refractivity contribution >= 4 is 11.6 Å². The Balaban J connectivity index is 2.34. The van der Waals surface area contributed by atoms with Crippen LogP contribution in [0.5, 0.6) is 5.75 Å². The number of hydrogen-bond donors (Lipinski definition) is 1. The lowest BCUT2D eigenvalue weighted by atomic mass is 10.0. The minimum absolute atomic E-state index is 0.0256. The molecule has 1 atom stereocenters. The molecule has 1 N–H and O–H groups in total. The molecule has 0 bridgehead atoms. The Hall–Kier alpha value is -1.65. The molecule has 2 aromatic rings. The molecule has 3 nitrogen and oxygen atoms in total. The first kappa shape index (κ1) is 12.8. The SMILES string of the molecule is COc1cncc(C(O)c2ccc(F)c(Cl)c2)c1. The highest BCUT2D eigenvalue weighted by molar-refractivity contribution is 6.30. The van der Waals surface area contributed by atoms with Gasteiger partial charge in [-0.25, -0.2) is 4.39 Å². The second kappa shape index (κ2) is 5.33. The van der Waals surface area contributed by atoms with Crippen LogP contribution >= 0.6 is 11.6 Å². The largest absolute Gasteiger partial charge is 0.495 e. The summed E-state index contributed by atoms with van der Waals surface area (Å²) >= 11 is 5.68. The number of hydrogen-bond acceptors (Lipinski definition) is 3. The highest BCUT2D eigenvalue weighted by Crippen LogP contribution is 2.27. The average molecular weight is 268 g/mol. The van der Waals surface area contributed by atoms with Gasteiger partial charge in [0.15, 0.2) is 0 Å². The monoisotopic (exact) mass is 267 g/mol. The molecule has 0 saturated carbocycles. The fourth-order valence-corrected chi connectivity index (χ4v) is 1.76. The predicted octanol–water partition coefficient (Wildman–Crippen LogP) is 2.96. The molecule has 5 heteroatoms. The minimum Gasteiger partial charge on any atom is -0.495 e. The van der Waals surface area contributed by atoms with Gasteiger partial charge in [0.1, 0.15) is 17.7 Å². The first-order valence-electron chi connectivity index (χ1n) is 5.24. The van der Waals surface area contributed by atoms with Gasteiger partial charge in [0.2, 0.25) is 0 Å². The van der Waals surface area contributed by atoms with Gasteiger partial charge in [0.05, 0.1) is 18.3 Å². The van der Waals surface area contributed by atoms with Crippen LogP contribution in [0.25, 0.3) is 0 Å². The van der Waals surface area contributed by atoms with E-state index in [4.69, 9.17) is 16.3 Å². The molecule has 1 unspecified atom stereocenters. The van der Waals surface area contributed by atoms with Gasteiger partial charge in [-0.15, -0.1) is 0 Å². The van der Waals surface area contributed by atoms with Gasteiger partial charge in [0.25, 0.3) is 0 Å². The van der Waals surface area contributed by atoms with Crippen LogP contribution in [0, 0.1) is 5.82 Å². The van der Waals surface area contributed by atoms with E-state index in [2.05, 4.69) is 4.98 Å². The second-order valence-electron chi connectivity index (χ2n) is 3.73. The van der Waals surface area contributed by atoms with Crippen molar-refractivity contribution in [2.45, 2.75) is 6.10 Å². The van der Waals surface area contributed by atoms with E-state index in [1.54, 1.807) is 6.07 Å². The number of pyridine rings is 1. The fraction of sp³-hybridized carbons (Fsp3) is 0.154. The molecule has 0 radical (unpaired) electrons. The van der Waals surface area contributed by atoms with Crippen molar-refractivity contribution < 1.29 is 14.2 Å². The molecule has 18 heavy (non-hydrogen) atoms. The summed E-state index contributed by atoms with van der Waals surface area (Å²) in [6, 6.07) is 5.75. The average Bonchev–Trinajstić information content (AvgIpc) is 2.41. The van der Waals surface area contributed by atoms with Crippen LogP contribution < -0.4 is 4.74 Å². The number of rotatable bonds is 3. The van der Waals surface area contributed by atoms with Crippen molar-refractivity contribution in [1.29, 1.82) is 0 Å². The number of methoxy groups -OCH3 is 1. The Labute approximate surface area is 109 Å². The predicted molar refractivity (Wildman–Crippen MR) is 66.3 cm³/mol. The lowest BCUT2D eigenvalue weighted by Gasteiger charge is -2.12. The Bertz CT molecular complexity index is 562. The number of ether oxygens (including phenoxy) is 1. The van der Waals surface area contributed by atoms with E-state index in [0.717, 1.165) is 0 Å². The summed E-state index contributed by atoms with van der Waals surface area (Å²) in [7, 11) is 1.52. The molecule has 0 saturated heterocycles. The van der Waals surface area contributed by atoms with Crippen molar-refractivity contribution in [3.05, 3.63) is 58.6 Å². The molecule has 0 spiro atoms. The number of nitrogens with zero attached hydrogens (tertiary/aromatic N) is 1. The van der Waals surface area contributed by atoms with Crippen molar-refractivity contribution in [3.8, 4) is 5.75 Å². The molecule has 0 aliphatic heterocycles. The summed E-state index contributed by atoms with van der Waals surface area (Å²) in [6.07, 6.45) is 2.13. The maximum Gasteiger partial charge on any atom is 0.141 e. The standard InChI is InChI=1S/C13H11ClFNO2/c1-18-10-4-9(6-16-7-10)13(17)8-2-3-12(15)11(14)5-8/h2-7,13,17H,1H3. The van der Waals surface area contributed by atoms with Gasteiger partial charge in [-0.1, -0.05) is 17.7 Å². The maximum absolute atomic E-state index is 13.0. The second-order valence-corrected chi connectivity index (χ2v) is 4.14. The fourth-order valence-electron chi connectivity index (χ4n) is 1.57. The molecule has 0 fully saturated rings. The van der Waals surface area contributed by atoms with Crippen LogP contribution in [0.2, 0.25) is 5.02 Å². The van der Waals surface area contributed by atoms with Crippen LogP contribution in [0.15, 0.2) is 36.7 Å². The summed E-state index contributed by atoms with van der Waals surface area (Å²) in [6.45, 7) is 0. The van der Waals surface area contributed by atoms with Crippen LogP contribution in [0.4, 0.5) is 4.39 Å². The third kappa shape index (κ3) is 2.60. The highest BCUT2D eigenvalue weighted by atomic mass is 35.5. The van der Waals surface area contributed by atoms with Crippen molar-refractivity contribution in [1.82, 2.24) is 4.98 Å². The first-order valence-corrected chi connectivity index (χ1v) is 5.61. The Morgan fingerprint density at radius 2 is 2.06 bits per heavy atom. The Kier molecular flexibility index (Phi) is 3.79. The molecule has 1 aromatic carbocycles. The molecule has 94 valence electrons. The van der Waals surface area contributed by atoms with Gasteiger partial charge in [-0.2, -0.15) is 0 Å². The number of aliphatic hydroxyl groups is 1. The molecule has 0 aliphatic rings. The zero-order valence-electron chi connectivity index (χ0n) is 9.60. The number of benzene rings is 1. The van der Waals surface area contributed by atoms with Crippen molar-refractivity contribution in [3.63, 3.8) is 0 Å². The van der Waals surface area contributed by atoms with E-state index in [-0.39, 0.29) is 5.02 Å². The van der Waals surface area contributed by atoms with Gasteiger partial charge in [-0.05, 0) is 23.8 Å². The summed E-state index contributed by atoms with van der Waals surface area (Å²) in [4.78, 5) is 3.95. The molecular weight excluding hydrogens is 257 g/mol. The van der Waals surface area contributed by atoms with E-state index in [0.29, 0.717) is 16.9 Å². The summed E-state index contributed by atoms with van der Waals surface area (Å²) < 4.78 is 18.1. The van der Waals surface area contributed by atoms with Crippen LogP contribution in [-0.4, -0.2) is 17.2 Å². The summed E-state index contributed by atoms with van der Waals surface area (Å²) in [5.41, 5.74) is 1.05. The topological polar surface area (TPSA) is 42.4 Å². The van der Waals surface area contributed by atoms with Crippen molar-refractivity contribution in [2.24, 2.45) is 0 Å². The molecule has 0 aliphatic carbocycles. The molecule has 1 aromatic heterocycles. The molecule has 2 rings (SSSR count). The van der Waals surface area contributed by atoms with Gasteiger partial charge >= 0.3 is 0 Å². The lowest BCUT2D eigenvalue weighted by molar-refractivity contribution is 0.219. The van der Waals surface area contributed by atoms with Crippen molar-refractivity contribution in [2.75, 3.05) is 7.11 Å². The zero-order chi connectivity index (χ0) is 13.1. The Morgan fingerprint density at radius 3 is 2.72 bits per heavy atom. The van der Waals surface area contributed by atoms with E-state index in [9.17, 15) is 9.50 Å². The molecule has 0 amide bonds. The Morgan fingerprint density at radius 1 is 1.28 bits per heavy atom. The van der Waals surface area contributed by atoms with Gasteiger partial charge in [0, 0.05) is 11.8 Å². The van der Waals surface area contributed by atoms with E-state index in [1.807, 2.05) is 0 Å². The third-order valence-corrected chi connectivity index (χ3v) is 2.83. The summed E-state index contributed by atoms with van der Waals surface area (Å²) in [5, 5.41) is 10.1. The van der Waals surface area contributed by atoms with E-state index in [1.165, 1.54) is 37.7 Å². The molecular formula is C13H11ClFNO2. The van der Waals surface area contributed by atoms with Gasteiger partial charge < -0.3 is 9.84 Å². The minimum atomic E-state index is -0.925. The highest BCUT2D eigenvalue weighted by Gasteiger charge is 2.13.